The summed E-state index contributed by atoms with van der Waals surface area (Å²) in [6, 6.07) is 0. The number of rotatable bonds is 6. The summed E-state index contributed by atoms with van der Waals surface area (Å²) in [7, 11) is -4.56. The molecule has 0 aromatic rings. The lowest BCUT2D eigenvalue weighted by Gasteiger charge is -2.55. The van der Waals surface area contributed by atoms with Crippen molar-refractivity contribution in [2.75, 3.05) is 0 Å². The van der Waals surface area contributed by atoms with Gasteiger partial charge in [0.25, 0.3) is 0 Å². The number of phosphoric acid groups is 1. The van der Waals surface area contributed by atoms with Crippen molar-refractivity contribution in [2.45, 2.75) is 140 Å². The Hall–Kier alpha value is 0.980. The normalized spacial score (nSPS) is 16.6. The molecular weight excluding hydrogens is 526 g/mol. The van der Waals surface area contributed by atoms with Crippen molar-refractivity contribution in [2.24, 2.45) is 32.5 Å². The van der Waals surface area contributed by atoms with Gasteiger partial charge in [-0.3, -0.25) is 13.6 Å². The van der Waals surface area contributed by atoms with Crippen LogP contribution < -0.4 is 0 Å². The van der Waals surface area contributed by atoms with E-state index in [1.54, 1.807) is 0 Å². The van der Waals surface area contributed by atoms with E-state index in [0.717, 1.165) is 0 Å². The molecule has 0 atom stereocenters. The van der Waals surface area contributed by atoms with E-state index in [9.17, 15) is 0 Å². The predicted octanol–water partition coefficient (Wildman–Crippen LogP) is 11.2. The summed E-state index contributed by atoms with van der Waals surface area (Å²) in [6.07, 6.45) is 0. The van der Waals surface area contributed by atoms with E-state index in [2.05, 4.69) is 0 Å². The molecule has 0 aliphatic carbocycles. The summed E-state index contributed by atoms with van der Waals surface area (Å²) in [4.78, 5) is 0. The molecule has 0 rings (SSSR count). The van der Waals surface area contributed by atoms with Gasteiger partial charge in [0.05, 0.1) is 0 Å². The lowest BCUT2D eigenvalue weighted by Crippen LogP contribution is -2.55. The van der Waals surface area contributed by atoms with Gasteiger partial charge in [-0.15, -0.1) is 0 Å². The highest BCUT2D eigenvalue weighted by molar-refractivity contribution is 7.48. The maximum atomic E-state index is 15.0. The van der Waals surface area contributed by atoms with Crippen molar-refractivity contribution in [1.29, 1.82) is 0 Å². The lowest BCUT2D eigenvalue weighted by atomic mass is 9.73. The molecule has 0 aromatic heterocycles. The zero-order valence-corrected chi connectivity index (χ0v) is 28.9. The minimum Gasteiger partial charge on any atom is -0.263 e. The highest BCUT2D eigenvalue weighted by Crippen LogP contribution is 2.71. The average molecular weight is 580 g/mol. The van der Waals surface area contributed by atoms with Crippen LogP contribution in [0.1, 0.15) is 125 Å². The van der Waals surface area contributed by atoms with Gasteiger partial charge in [0.15, 0.2) is 15.2 Å². The monoisotopic (exact) mass is 578 g/mol. The topological polar surface area (TPSA) is 44.8 Å². The Morgan fingerprint density at radius 2 is 0.486 bits per heavy atom. The summed E-state index contributed by atoms with van der Waals surface area (Å²) < 4.78 is 34.3. The molecule has 35 heavy (non-hydrogen) atoms. The number of hydrogen-bond donors (Lipinski definition) is 0. The fourth-order valence-electron chi connectivity index (χ4n) is 4.71. The van der Waals surface area contributed by atoms with E-state index in [0.29, 0.717) is 0 Å². The van der Waals surface area contributed by atoms with Crippen LogP contribution in [0.25, 0.3) is 0 Å². The quantitative estimate of drug-likeness (QED) is 0.232. The Bertz CT molecular complexity index is 636. The van der Waals surface area contributed by atoms with Gasteiger partial charge >= 0.3 is 7.82 Å². The Morgan fingerprint density at radius 1 is 0.371 bits per heavy atom. The smallest absolute Gasteiger partial charge is 0.263 e. The molecule has 8 heteroatoms. The van der Waals surface area contributed by atoms with E-state index in [4.69, 9.17) is 48.4 Å². The number of alkyl halides is 3. The van der Waals surface area contributed by atoms with Gasteiger partial charge in [-0.2, -0.15) is 0 Å². The van der Waals surface area contributed by atoms with Crippen LogP contribution in [0.3, 0.4) is 0 Å². The van der Waals surface area contributed by atoms with Gasteiger partial charge in [-0.25, -0.2) is 4.57 Å². The maximum Gasteiger partial charge on any atom is 0.480 e. The Morgan fingerprint density at radius 3 is 0.571 bits per heavy atom. The molecule has 0 saturated carbocycles. The van der Waals surface area contributed by atoms with Gasteiger partial charge in [-0.1, -0.05) is 159 Å². The first kappa shape index (κ1) is 36.0. The van der Waals surface area contributed by atoms with E-state index in [1.165, 1.54) is 0 Å². The molecule has 4 nitrogen and oxygen atoms in total. The minimum atomic E-state index is -4.56. The maximum absolute atomic E-state index is 15.0. The first-order valence-electron chi connectivity index (χ1n) is 12.4. The van der Waals surface area contributed by atoms with Crippen molar-refractivity contribution < 1.29 is 18.1 Å². The average Bonchev–Trinajstić information content (AvgIpc) is 2.47. The molecule has 0 fully saturated rings. The first-order valence-corrected chi connectivity index (χ1v) is 15.0. The molecule has 0 N–H and O–H groups in total. The summed E-state index contributed by atoms with van der Waals surface area (Å²) in [5.74, 6) is 0. The van der Waals surface area contributed by atoms with Crippen molar-refractivity contribution in [3.05, 3.63) is 0 Å². The molecule has 0 aliphatic heterocycles. The number of halogens is 3. The van der Waals surface area contributed by atoms with Gasteiger partial charge in [0.2, 0.25) is 0 Å². The molecule has 0 spiro atoms. The molecule has 0 heterocycles. The first-order chi connectivity index (χ1) is 14.6. The highest BCUT2D eigenvalue weighted by Gasteiger charge is 2.64. The van der Waals surface area contributed by atoms with Crippen LogP contribution in [0.2, 0.25) is 0 Å². The summed E-state index contributed by atoms with van der Waals surface area (Å²) in [6.45, 7) is 34.7. The lowest BCUT2D eigenvalue weighted by molar-refractivity contribution is -0.139. The predicted molar refractivity (Wildman–Crippen MR) is 153 cm³/mol. The third-order valence-corrected chi connectivity index (χ3v) is 11.9. The Labute approximate surface area is 232 Å². The Balaban J connectivity index is 7.42. The standard InChI is InChI=1S/C27H54Cl3O4P/c1-19(2,3)25(28,20(4,5)6)32-35(31,33-26(29,21(7,8)9)22(10,11)12)34-27(30,23(13,14)15)24(16,17)18/h1-18H3. The SMILES string of the molecule is CC(C)(C)C(Cl)(OP(=O)(OC(Cl)(C(C)(C)C)C(C)(C)C)OC(Cl)(C(C)(C)C)C(C)(C)C)C(C)(C)C. The molecule has 0 radical (unpaired) electrons. The summed E-state index contributed by atoms with van der Waals surface area (Å²) in [5.41, 5.74) is -3.96. The van der Waals surface area contributed by atoms with Crippen molar-refractivity contribution in [3.8, 4) is 0 Å². The minimum absolute atomic E-state index is 0.661. The second-order valence-electron chi connectivity index (χ2n) is 16.0. The molecule has 212 valence electrons. The fourth-order valence-corrected chi connectivity index (χ4v) is 8.15. The van der Waals surface area contributed by atoms with E-state index in [-0.39, 0.29) is 0 Å². The largest absolute Gasteiger partial charge is 0.480 e. The van der Waals surface area contributed by atoms with Gasteiger partial charge < -0.3 is 0 Å². The van der Waals surface area contributed by atoms with Gasteiger partial charge in [0, 0.05) is 32.5 Å². The van der Waals surface area contributed by atoms with Crippen LogP contribution in [-0.2, 0) is 18.1 Å². The second-order valence-corrected chi connectivity index (χ2v) is 19.0. The molecule has 0 aromatic carbocycles. The second kappa shape index (κ2) is 9.87. The zero-order valence-electron chi connectivity index (χ0n) is 25.7. The number of phosphoric ester groups is 1. The zero-order chi connectivity index (χ0) is 29.1. The molecule has 0 aliphatic rings. The molecule has 0 unspecified atom stereocenters. The van der Waals surface area contributed by atoms with Crippen molar-refractivity contribution in [3.63, 3.8) is 0 Å². The van der Waals surface area contributed by atoms with Gasteiger partial charge in [0.1, 0.15) is 0 Å². The third kappa shape index (κ3) is 7.14. The molecule has 0 saturated heterocycles. The van der Waals surface area contributed by atoms with Crippen LogP contribution in [0.15, 0.2) is 0 Å². The van der Waals surface area contributed by atoms with Crippen molar-refractivity contribution in [1.82, 2.24) is 0 Å². The summed E-state index contributed by atoms with van der Waals surface area (Å²) >= 11 is 21.8. The van der Waals surface area contributed by atoms with E-state index < -0.39 is 55.5 Å². The molecule has 0 bridgehead atoms. The van der Waals surface area contributed by atoms with Crippen molar-refractivity contribution >= 4 is 42.6 Å². The molecule has 0 amide bonds. The fraction of sp³-hybridized carbons (Fsp3) is 1.00. The summed E-state index contributed by atoms with van der Waals surface area (Å²) in [5, 5.41) is -4.38. The third-order valence-electron chi connectivity index (χ3n) is 6.50. The van der Waals surface area contributed by atoms with Crippen LogP contribution >= 0.6 is 42.6 Å². The van der Waals surface area contributed by atoms with Crippen LogP contribution in [0.5, 0.6) is 0 Å². The highest BCUT2D eigenvalue weighted by atomic mass is 35.5. The van der Waals surface area contributed by atoms with E-state index >= 15 is 4.57 Å². The van der Waals surface area contributed by atoms with Crippen LogP contribution in [0.4, 0.5) is 0 Å². The number of hydrogen-bond acceptors (Lipinski definition) is 4. The van der Waals surface area contributed by atoms with Crippen LogP contribution in [0, 0.1) is 32.5 Å². The molecular formula is C27H54Cl3O4P. The van der Waals surface area contributed by atoms with Gasteiger partial charge in [-0.05, 0) is 0 Å². The van der Waals surface area contributed by atoms with Crippen LogP contribution in [-0.4, -0.2) is 15.2 Å². The Kier molecular flexibility index (Phi) is 10.1. The van der Waals surface area contributed by atoms with E-state index in [1.807, 2.05) is 125 Å².